The predicted molar refractivity (Wildman–Crippen MR) is 127 cm³/mol. The highest BCUT2D eigenvalue weighted by atomic mass is 16.5. The smallest absolute Gasteiger partial charge is 0.276 e. The van der Waals surface area contributed by atoms with Crippen LogP contribution >= 0.6 is 0 Å². The molecule has 162 valence electrons. The molecular weight excluding hydrogens is 400 g/mol. The number of aromatic nitrogens is 1. The molecule has 5 rings (SSSR count). The lowest BCUT2D eigenvalue weighted by atomic mass is 9.97. The molecule has 2 heterocycles. The fraction of sp³-hybridized carbons (Fsp3) is 0.222. The Morgan fingerprint density at radius 3 is 2.19 bits per heavy atom. The van der Waals surface area contributed by atoms with Gasteiger partial charge in [-0.25, -0.2) is 0 Å². The monoisotopic (exact) mass is 426 g/mol. The summed E-state index contributed by atoms with van der Waals surface area (Å²) in [7, 11) is 3.61. The zero-order valence-corrected chi connectivity index (χ0v) is 18.7. The highest BCUT2D eigenvalue weighted by molar-refractivity contribution is 6.15. The van der Waals surface area contributed by atoms with Gasteiger partial charge >= 0.3 is 0 Å². The van der Waals surface area contributed by atoms with E-state index in [1.807, 2.05) is 78.9 Å². The standard InChI is InChI=1S/C27H26N2O3/c1-17(2)32-21-13-9-18(10-14-21)25-24-22-7-5-6-8-23(22)28(3)26(24)27(30)29(25)19-11-15-20(31-4)16-12-19/h5-17,25H,1-4H3/t25-/m1/s1. The van der Waals surface area contributed by atoms with Gasteiger partial charge in [0.2, 0.25) is 0 Å². The van der Waals surface area contributed by atoms with E-state index in [9.17, 15) is 4.79 Å². The number of rotatable bonds is 5. The average Bonchev–Trinajstić information content (AvgIpc) is 3.27. The second-order valence-corrected chi connectivity index (χ2v) is 8.35. The average molecular weight is 427 g/mol. The van der Waals surface area contributed by atoms with E-state index < -0.39 is 0 Å². The zero-order valence-electron chi connectivity index (χ0n) is 18.7. The van der Waals surface area contributed by atoms with Gasteiger partial charge in [0.15, 0.2) is 0 Å². The van der Waals surface area contributed by atoms with E-state index >= 15 is 0 Å². The highest BCUT2D eigenvalue weighted by Crippen LogP contribution is 2.46. The van der Waals surface area contributed by atoms with Gasteiger partial charge in [0, 0.05) is 29.2 Å². The Hall–Kier alpha value is -3.73. The molecular formula is C27H26N2O3. The van der Waals surface area contributed by atoms with Gasteiger partial charge in [0.1, 0.15) is 17.2 Å². The van der Waals surface area contributed by atoms with Crippen LogP contribution in [-0.4, -0.2) is 23.7 Å². The molecule has 5 heteroatoms. The maximum atomic E-state index is 13.8. The first-order chi connectivity index (χ1) is 15.5. The zero-order chi connectivity index (χ0) is 22.4. The number of para-hydroxylation sites is 1. The number of hydrogen-bond acceptors (Lipinski definition) is 3. The van der Waals surface area contributed by atoms with Crippen LogP contribution in [0, 0.1) is 0 Å². The lowest BCUT2D eigenvalue weighted by Gasteiger charge is -2.27. The van der Waals surface area contributed by atoms with E-state index in [2.05, 4.69) is 24.3 Å². The molecule has 3 aromatic carbocycles. The Kier molecular flexibility index (Phi) is 4.89. The molecule has 0 spiro atoms. The number of ether oxygens (including phenoxy) is 2. The first kappa shape index (κ1) is 20.2. The first-order valence-corrected chi connectivity index (χ1v) is 10.8. The Morgan fingerprint density at radius 2 is 1.53 bits per heavy atom. The van der Waals surface area contributed by atoms with Crippen LogP contribution in [0.4, 0.5) is 5.69 Å². The Bertz CT molecular complexity index is 1290. The molecule has 0 N–H and O–H groups in total. The van der Waals surface area contributed by atoms with Crippen LogP contribution in [0.5, 0.6) is 11.5 Å². The molecule has 0 saturated heterocycles. The van der Waals surface area contributed by atoms with E-state index in [1.165, 1.54) is 0 Å². The summed E-state index contributed by atoms with van der Waals surface area (Å²) in [6, 6.07) is 23.7. The summed E-state index contributed by atoms with van der Waals surface area (Å²) >= 11 is 0. The minimum Gasteiger partial charge on any atom is -0.497 e. The molecule has 5 nitrogen and oxygen atoms in total. The molecule has 0 aliphatic carbocycles. The van der Waals surface area contributed by atoms with Gasteiger partial charge in [-0.15, -0.1) is 0 Å². The largest absolute Gasteiger partial charge is 0.497 e. The maximum Gasteiger partial charge on any atom is 0.276 e. The Labute approximate surface area is 187 Å². The molecule has 32 heavy (non-hydrogen) atoms. The third kappa shape index (κ3) is 3.12. The van der Waals surface area contributed by atoms with E-state index in [0.29, 0.717) is 0 Å². The van der Waals surface area contributed by atoms with Gasteiger partial charge < -0.3 is 14.0 Å². The summed E-state index contributed by atoms with van der Waals surface area (Å²) in [6.45, 7) is 4.02. The van der Waals surface area contributed by atoms with Crippen molar-refractivity contribution in [2.24, 2.45) is 7.05 Å². The number of methoxy groups -OCH3 is 1. The fourth-order valence-electron chi connectivity index (χ4n) is 4.64. The number of nitrogens with zero attached hydrogens (tertiary/aromatic N) is 2. The fourth-order valence-corrected chi connectivity index (χ4v) is 4.64. The number of aryl methyl sites for hydroxylation is 1. The number of anilines is 1. The van der Waals surface area contributed by atoms with Crippen molar-refractivity contribution in [1.82, 2.24) is 4.57 Å². The quantitative estimate of drug-likeness (QED) is 0.410. The van der Waals surface area contributed by atoms with E-state index in [4.69, 9.17) is 9.47 Å². The van der Waals surface area contributed by atoms with Crippen LogP contribution in [0.3, 0.4) is 0 Å². The summed E-state index contributed by atoms with van der Waals surface area (Å²) in [5.41, 5.74) is 4.71. The number of carbonyl (C=O) groups is 1. The Balaban J connectivity index is 1.69. The van der Waals surface area contributed by atoms with Crippen LogP contribution < -0.4 is 14.4 Å². The molecule has 0 radical (unpaired) electrons. The van der Waals surface area contributed by atoms with Crippen molar-refractivity contribution in [1.29, 1.82) is 0 Å². The molecule has 1 aliphatic rings. The van der Waals surface area contributed by atoms with E-state index in [-0.39, 0.29) is 18.1 Å². The second-order valence-electron chi connectivity index (χ2n) is 8.35. The van der Waals surface area contributed by atoms with Crippen molar-refractivity contribution >= 4 is 22.5 Å². The van der Waals surface area contributed by atoms with Gasteiger partial charge in [-0.05, 0) is 61.9 Å². The minimum atomic E-state index is -0.231. The number of benzene rings is 3. The van der Waals surface area contributed by atoms with E-state index in [1.54, 1.807) is 7.11 Å². The normalized spacial score (nSPS) is 15.5. The third-order valence-electron chi connectivity index (χ3n) is 6.02. The molecule has 0 fully saturated rings. The third-order valence-corrected chi connectivity index (χ3v) is 6.02. The summed E-state index contributed by atoms with van der Waals surface area (Å²) < 4.78 is 13.2. The molecule has 0 saturated carbocycles. The predicted octanol–water partition coefficient (Wildman–Crippen LogP) is 5.72. The molecule has 4 aromatic rings. The van der Waals surface area contributed by atoms with Crippen LogP contribution in [-0.2, 0) is 7.05 Å². The summed E-state index contributed by atoms with van der Waals surface area (Å²) in [5.74, 6) is 1.58. The summed E-state index contributed by atoms with van der Waals surface area (Å²) in [4.78, 5) is 15.7. The number of amides is 1. The molecule has 1 aliphatic heterocycles. The molecule has 0 bridgehead atoms. The van der Waals surface area contributed by atoms with Crippen molar-refractivity contribution in [3.8, 4) is 11.5 Å². The van der Waals surface area contributed by atoms with Gasteiger partial charge in [0.25, 0.3) is 5.91 Å². The van der Waals surface area contributed by atoms with Crippen molar-refractivity contribution in [2.45, 2.75) is 26.0 Å². The van der Waals surface area contributed by atoms with Crippen molar-refractivity contribution in [3.05, 3.63) is 89.6 Å². The molecule has 1 amide bonds. The summed E-state index contributed by atoms with van der Waals surface area (Å²) in [6.07, 6.45) is 0.106. The number of carbonyl (C=O) groups excluding carboxylic acids is 1. The molecule has 0 unspecified atom stereocenters. The summed E-state index contributed by atoms with van der Waals surface area (Å²) in [5, 5.41) is 1.10. The maximum absolute atomic E-state index is 13.8. The molecule has 1 atom stereocenters. The SMILES string of the molecule is COc1ccc(N2C(=O)c3c(c4ccccc4n3C)[C@H]2c2ccc(OC(C)C)cc2)cc1. The number of hydrogen-bond donors (Lipinski definition) is 0. The number of fused-ring (bicyclic) bond motifs is 3. The van der Waals surface area contributed by atoms with Crippen LogP contribution in [0.15, 0.2) is 72.8 Å². The van der Waals surface area contributed by atoms with Crippen molar-refractivity contribution < 1.29 is 14.3 Å². The van der Waals surface area contributed by atoms with Gasteiger partial charge in [-0.1, -0.05) is 30.3 Å². The lowest BCUT2D eigenvalue weighted by Crippen LogP contribution is -2.29. The second kappa shape index (κ2) is 7.75. The first-order valence-electron chi connectivity index (χ1n) is 10.8. The highest BCUT2D eigenvalue weighted by Gasteiger charge is 2.42. The Morgan fingerprint density at radius 1 is 0.875 bits per heavy atom. The van der Waals surface area contributed by atoms with Crippen LogP contribution in [0.1, 0.15) is 41.5 Å². The van der Waals surface area contributed by atoms with Gasteiger partial charge in [-0.3, -0.25) is 9.69 Å². The molecule has 1 aromatic heterocycles. The van der Waals surface area contributed by atoms with Gasteiger partial charge in [-0.2, -0.15) is 0 Å². The lowest BCUT2D eigenvalue weighted by molar-refractivity contribution is 0.0986. The van der Waals surface area contributed by atoms with Crippen LogP contribution in [0.25, 0.3) is 10.9 Å². The van der Waals surface area contributed by atoms with Crippen molar-refractivity contribution in [3.63, 3.8) is 0 Å². The van der Waals surface area contributed by atoms with Crippen molar-refractivity contribution in [2.75, 3.05) is 12.0 Å². The van der Waals surface area contributed by atoms with Gasteiger partial charge in [0.05, 0.1) is 19.3 Å². The topological polar surface area (TPSA) is 43.7 Å². The van der Waals surface area contributed by atoms with Crippen LogP contribution in [0.2, 0.25) is 0 Å². The minimum absolute atomic E-state index is 0.00336. The van der Waals surface area contributed by atoms with E-state index in [0.717, 1.165) is 44.9 Å².